The molecule has 4 nitrogen and oxygen atoms in total. The number of halogens is 2. The second-order valence-electron chi connectivity index (χ2n) is 4.63. The predicted molar refractivity (Wildman–Crippen MR) is 55.5 cm³/mol. The van der Waals surface area contributed by atoms with Crippen molar-refractivity contribution in [2.45, 2.75) is 45.8 Å². The Hall–Kier alpha value is -0.910. The Morgan fingerprint density at radius 1 is 1.38 bits per heavy atom. The van der Waals surface area contributed by atoms with Crippen molar-refractivity contribution in [3.05, 3.63) is 0 Å². The molecule has 0 heterocycles. The quantitative estimate of drug-likeness (QED) is 0.814. The average molecular weight is 239 g/mol. The zero-order valence-electron chi connectivity index (χ0n) is 10.0. The Balaban J connectivity index is 4.44. The Kier molecular flexibility index (Phi) is 5.64. The molecule has 0 bridgehead atoms. The fourth-order valence-electron chi connectivity index (χ4n) is 1.04. The lowest BCUT2D eigenvalue weighted by molar-refractivity contribution is 0.000341. The molecule has 1 unspecified atom stereocenters. The summed E-state index contributed by atoms with van der Waals surface area (Å²) >= 11 is 0. The molecule has 6 heteroatoms. The third kappa shape index (κ3) is 7.39. The zero-order chi connectivity index (χ0) is 12.9. The van der Waals surface area contributed by atoms with E-state index >= 15 is 0 Å². The van der Waals surface area contributed by atoms with Gasteiger partial charge in [0.1, 0.15) is 5.60 Å². The van der Waals surface area contributed by atoms with Crippen molar-refractivity contribution in [3.63, 3.8) is 0 Å². The summed E-state index contributed by atoms with van der Waals surface area (Å²) in [5.74, 6) is 0. The van der Waals surface area contributed by atoms with Crippen molar-refractivity contribution in [1.29, 1.82) is 0 Å². The molecule has 96 valence electrons. The molecule has 1 atom stereocenters. The van der Waals surface area contributed by atoms with Crippen LogP contribution >= 0.6 is 0 Å². The van der Waals surface area contributed by atoms with E-state index in [2.05, 4.69) is 0 Å². The highest BCUT2D eigenvalue weighted by molar-refractivity contribution is 5.68. The summed E-state index contributed by atoms with van der Waals surface area (Å²) in [6, 6.07) is 0. The van der Waals surface area contributed by atoms with E-state index in [-0.39, 0.29) is 6.54 Å². The van der Waals surface area contributed by atoms with Crippen LogP contribution in [-0.4, -0.2) is 47.3 Å². The highest BCUT2D eigenvalue weighted by Crippen LogP contribution is 2.11. The van der Waals surface area contributed by atoms with E-state index in [1.165, 1.54) is 6.92 Å². The second-order valence-corrected chi connectivity index (χ2v) is 4.63. The number of ether oxygens (including phenoxy) is 1. The van der Waals surface area contributed by atoms with E-state index in [4.69, 9.17) is 9.84 Å². The zero-order valence-corrected chi connectivity index (χ0v) is 10.0. The van der Waals surface area contributed by atoms with Crippen LogP contribution in [0.4, 0.5) is 13.6 Å². The molecule has 16 heavy (non-hydrogen) atoms. The van der Waals surface area contributed by atoms with Crippen LogP contribution in [0.3, 0.4) is 0 Å². The molecule has 0 radical (unpaired) electrons. The van der Waals surface area contributed by atoms with Crippen molar-refractivity contribution in [2.24, 2.45) is 0 Å². The van der Waals surface area contributed by atoms with Gasteiger partial charge in [-0.2, -0.15) is 0 Å². The topological polar surface area (TPSA) is 49.8 Å². The SMILES string of the molecule is CC(O)CN(CC(F)F)C(=O)OC(C)(C)C. The van der Waals surface area contributed by atoms with Gasteiger partial charge in [-0.1, -0.05) is 0 Å². The van der Waals surface area contributed by atoms with E-state index in [1.807, 2.05) is 0 Å². The number of amides is 1. The first-order valence-electron chi connectivity index (χ1n) is 5.06. The summed E-state index contributed by atoms with van der Waals surface area (Å²) in [6.45, 7) is 5.46. The van der Waals surface area contributed by atoms with Gasteiger partial charge in [-0.3, -0.25) is 4.90 Å². The first kappa shape index (κ1) is 15.1. The number of hydrogen-bond donors (Lipinski definition) is 1. The maximum absolute atomic E-state index is 12.2. The van der Waals surface area contributed by atoms with Gasteiger partial charge in [-0.25, -0.2) is 13.6 Å². The summed E-state index contributed by atoms with van der Waals surface area (Å²) < 4.78 is 29.3. The fourth-order valence-corrected chi connectivity index (χ4v) is 1.04. The van der Waals surface area contributed by atoms with Crippen molar-refractivity contribution >= 4 is 6.09 Å². The minimum atomic E-state index is -2.65. The number of alkyl halides is 2. The largest absolute Gasteiger partial charge is 0.444 e. The van der Waals surface area contributed by atoms with E-state index in [0.29, 0.717) is 0 Å². The van der Waals surface area contributed by atoms with Crippen molar-refractivity contribution < 1.29 is 23.4 Å². The van der Waals surface area contributed by atoms with Gasteiger partial charge < -0.3 is 9.84 Å². The third-order valence-electron chi connectivity index (χ3n) is 1.49. The lowest BCUT2D eigenvalue weighted by atomic mass is 10.2. The van der Waals surface area contributed by atoms with Crippen LogP contribution in [0.15, 0.2) is 0 Å². The molecule has 0 rings (SSSR count). The molecule has 0 aromatic carbocycles. The van der Waals surface area contributed by atoms with Crippen molar-refractivity contribution in [1.82, 2.24) is 4.90 Å². The van der Waals surface area contributed by atoms with Crippen molar-refractivity contribution in [3.8, 4) is 0 Å². The number of aliphatic hydroxyl groups is 1. The van der Waals surface area contributed by atoms with Gasteiger partial charge in [-0.05, 0) is 27.7 Å². The molecule has 0 spiro atoms. The van der Waals surface area contributed by atoms with E-state index in [1.54, 1.807) is 20.8 Å². The van der Waals surface area contributed by atoms with Crippen molar-refractivity contribution in [2.75, 3.05) is 13.1 Å². The van der Waals surface area contributed by atoms with Gasteiger partial charge in [0.25, 0.3) is 6.43 Å². The molecule has 0 fully saturated rings. The van der Waals surface area contributed by atoms with Crippen LogP contribution in [0.5, 0.6) is 0 Å². The molecule has 0 saturated carbocycles. The summed E-state index contributed by atoms with van der Waals surface area (Å²) in [5, 5.41) is 9.09. The molecular formula is C10H19F2NO3. The molecule has 0 aliphatic carbocycles. The molecule has 0 saturated heterocycles. The Labute approximate surface area is 94.2 Å². The minimum absolute atomic E-state index is 0.167. The third-order valence-corrected chi connectivity index (χ3v) is 1.49. The normalized spacial score (nSPS) is 13.8. The van der Waals surface area contributed by atoms with Gasteiger partial charge in [0.15, 0.2) is 0 Å². The highest BCUT2D eigenvalue weighted by Gasteiger charge is 2.25. The summed E-state index contributed by atoms with van der Waals surface area (Å²) in [4.78, 5) is 12.3. The standard InChI is InChI=1S/C10H19F2NO3/c1-7(14)5-13(6-8(11)12)9(15)16-10(2,3)4/h7-8,14H,5-6H2,1-4H3. The maximum Gasteiger partial charge on any atom is 0.410 e. The Morgan fingerprint density at radius 3 is 2.19 bits per heavy atom. The smallest absolute Gasteiger partial charge is 0.410 e. The summed E-state index contributed by atoms with van der Waals surface area (Å²) in [5.41, 5.74) is -0.740. The Bertz CT molecular complexity index is 217. The van der Waals surface area contributed by atoms with Crippen LogP contribution in [-0.2, 0) is 4.74 Å². The minimum Gasteiger partial charge on any atom is -0.444 e. The number of hydrogen-bond acceptors (Lipinski definition) is 3. The van der Waals surface area contributed by atoms with Gasteiger partial charge in [-0.15, -0.1) is 0 Å². The molecule has 0 aromatic heterocycles. The average Bonchev–Trinajstić information content (AvgIpc) is 1.97. The number of rotatable bonds is 4. The monoisotopic (exact) mass is 239 g/mol. The second kappa shape index (κ2) is 5.98. The number of aliphatic hydroxyl groups excluding tert-OH is 1. The van der Waals surface area contributed by atoms with Crippen LogP contribution in [0.2, 0.25) is 0 Å². The molecule has 0 aliphatic rings. The van der Waals surface area contributed by atoms with Gasteiger partial charge in [0, 0.05) is 6.54 Å². The molecule has 1 N–H and O–H groups in total. The first-order chi connectivity index (χ1) is 7.11. The molecule has 0 aromatic rings. The van der Waals surface area contributed by atoms with Gasteiger partial charge in [0.2, 0.25) is 0 Å². The van der Waals surface area contributed by atoms with Crippen LogP contribution in [0, 0.1) is 0 Å². The molecule has 0 aliphatic heterocycles. The fraction of sp³-hybridized carbons (Fsp3) is 0.900. The number of carbonyl (C=O) groups excluding carboxylic acids is 1. The summed E-state index contributed by atoms with van der Waals surface area (Å²) in [6.07, 6.45) is -4.36. The predicted octanol–water partition coefficient (Wildman–Crippen LogP) is 1.87. The lowest BCUT2D eigenvalue weighted by Gasteiger charge is -2.27. The van der Waals surface area contributed by atoms with Crippen LogP contribution in [0.1, 0.15) is 27.7 Å². The van der Waals surface area contributed by atoms with Crippen LogP contribution in [0.25, 0.3) is 0 Å². The van der Waals surface area contributed by atoms with Gasteiger partial charge >= 0.3 is 6.09 Å². The van der Waals surface area contributed by atoms with Crippen LogP contribution < -0.4 is 0 Å². The number of nitrogens with zero attached hydrogens (tertiary/aromatic N) is 1. The number of carbonyl (C=O) groups is 1. The van der Waals surface area contributed by atoms with E-state index in [9.17, 15) is 13.6 Å². The van der Waals surface area contributed by atoms with E-state index in [0.717, 1.165) is 4.90 Å². The lowest BCUT2D eigenvalue weighted by Crippen LogP contribution is -2.42. The molecular weight excluding hydrogens is 220 g/mol. The summed E-state index contributed by atoms with van der Waals surface area (Å²) in [7, 11) is 0. The first-order valence-corrected chi connectivity index (χ1v) is 5.06. The van der Waals surface area contributed by atoms with Gasteiger partial charge in [0.05, 0.1) is 12.6 Å². The Morgan fingerprint density at radius 2 is 1.88 bits per heavy atom. The molecule has 1 amide bonds. The maximum atomic E-state index is 12.2. The highest BCUT2D eigenvalue weighted by atomic mass is 19.3. The van der Waals surface area contributed by atoms with E-state index < -0.39 is 30.8 Å².